The van der Waals surface area contributed by atoms with Crippen molar-refractivity contribution in [3.05, 3.63) is 44.8 Å². The standard InChI is InChI=1S/C19H26NS2.HI/c1-20(2)17-3-4-18(20)10-14(9-17)11-19(15-5-7-21-12-15)16-6-8-22-13-16;/h5-8,12-14,17-19H,3-4,9-11H2,1-2H3;1H/q+1;/p-1/t14-,17+,18-;. The van der Waals surface area contributed by atoms with Crippen LogP contribution in [0.2, 0.25) is 0 Å². The highest BCUT2D eigenvalue weighted by atomic mass is 127. The van der Waals surface area contributed by atoms with Crippen LogP contribution in [-0.4, -0.2) is 30.7 Å². The summed E-state index contributed by atoms with van der Waals surface area (Å²) in [5, 5.41) is 9.19. The molecule has 2 bridgehead atoms. The summed E-state index contributed by atoms with van der Waals surface area (Å²) in [7, 11) is 4.93. The SMILES string of the molecule is C[N+]1(C)[C@@H]2CC[C@H]1C[C@@H](CC(c1ccsc1)c1ccsc1)C2.[I-]. The summed E-state index contributed by atoms with van der Waals surface area (Å²) in [5.41, 5.74) is 3.07. The fourth-order valence-corrected chi connectivity index (χ4v) is 6.36. The van der Waals surface area contributed by atoms with Gasteiger partial charge in [0.25, 0.3) is 0 Å². The fourth-order valence-electron chi connectivity index (χ4n) is 4.93. The molecule has 0 aromatic carbocycles. The number of thiophene rings is 2. The molecule has 0 aliphatic carbocycles. The van der Waals surface area contributed by atoms with E-state index in [9.17, 15) is 0 Å². The van der Waals surface area contributed by atoms with Crippen molar-refractivity contribution in [1.82, 2.24) is 0 Å². The predicted molar refractivity (Wildman–Crippen MR) is 96.7 cm³/mol. The molecule has 0 spiro atoms. The minimum absolute atomic E-state index is 0. The van der Waals surface area contributed by atoms with Gasteiger partial charge in [-0.25, -0.2) is 0 Å². The van der Waals surface area contributed by atoms with Gasteiger partial charge in [0.1, 0.15) is 0 Å². The van der Waals surface area contributed by atoms with Crippen LogP contribution in [0.25, 0.3) is 0 Å². The van der Waals surface area contributed by atoms with E-state index >= 15 is 0 Å². The molecular formula is C19H26INS2. The first-order valence-corrected chi connectivity index (χ1v) is 10.4. The van der Waals surface area contributed by atoms with Gasteiger partial charge >= 0.3 is 0 Å². The summed E-state index contributed by atoms with van der Waals surface area (Å²) in [6.45, 7) is 0. The van der Waals surface area contributed by atoms with Gasteiger partial charge < -0.3 is 28.5 Å². The molecule has 2 saturated heterocycles. The summed E-state index contributed by atoms with van der Waals surface area (Å²) in [6.07, 6.45) is 7.13. The zero-order chi connectivity index (χ0) is 15.2. The zero-order valence-electron chi connectivity index (χ0n) is 14.0. The molecule has 1 nitrogen and oxygen atoms in total. The van der Waals surface area contributed by atoms with Crippen LogP contribution in [0.1, 0.15) is 49.1 Å². The van der Waals surface area contributed by atoms with Crippen molar-refractivity contribution < 1.29 is 28.5 Å². The lowest BCUT2D eigenvalue weighted by Crippen LogP contribution is -3.00. The number of fused-ring (bicyclic) bond motifs is 2. The lowest BCUT2D eigenvalue weighted by atomic mass is 9.79. The van der Waals surface area contributed by atoms with E-state index in [1.165, 1.54) is 47.7 Å². The minimum atomic E-state index is 0. The maximum absolute atomic E-state index is 2.47. The molecule has 0 unspecified atom stereocenters. The summed E-state index contributed by atoms with van der Waals surface area (Å²) < 4.78 is 1.29. The van der Waals surface area contributed by atoms with Crippen molar-refractivity contribution in [3.63, 3.8) is 0 Å². The Bertz CT molecular complexity index is 555. The normalized spacial score (nSPS) is 28.7. The van der Waals surface area contributed by atoms with E-state index in [0.29, 0.717) is 5.92 Å². The van der Waals surface area contributed by atoms with Crippen molar-refractivity contribution in [2.24, 2.45) is 5.92 Å². The average Bonchev–Trinajstić information content (AvgIpc) is 3.19. The van der Waals surface area contributed by atoms with Gasteiger partial charge in [0, 0.05) is 31.6 Å². The fraction of sp³-hybridized carbons (Fsp3) is 0.579. The van der Waals surface area contributed by atoms with Crippen molar-refractivity contribution in [1.29, 1.82) is 0 Å². The van der Waals surface area contributed by atoms with E-state index in [1.54, 1.807) is 0 Å². The molecule has 2 fully saturated rings. The Morgan fingerprint density at radius 1 is 1.00 bits per heavy atom. The molecule has 23 heavy (non-hydrogen) atoms. The maximum Gasteiger partial charge on any atom is 0.0893 e. The van der Waals surface area contributed by atoms with Crippen LogP contribution in [0, 0.1) is 5.92 Å². The Kier molecular flexibility index (Phi) is 5.56. The molecule has 2 aromatic heterocycles. The topological polar surface area (TPSA) is 0 Å². The second-order valence-electron chi connectivity index (χ2n) is 7.75. The highest BCUT2D eigenvalue weighted by Gasteiger charge is 2.48. The largest absolute Gasteiger partial charge is 1.00 e. The molecule has 4 rings (SSSR count). The van der Waals surface area contributed by atoms with E-state index in [-0.39, 0.29) is 24.0 Å². The third-order valence-corrected chi connectivity index (χ3v) is 7.79. The minimum Gasteiger partial charge on any atom is -1.00 e. The van der Waals surface area contributed by atoms with Crippen LogP contribution in [0.4, 0.5) is 0 Å². The van der Waals surface area contributed by atoms with Gasteiger partial charge in [0.2, 0.25) is 0 Å². The van der Waals surface area contributed by atoms with Gasteiger partial charge in [-0.15, -0.1) is 0 Å². The second-order valence-corrected chi connectivity index (χ2v) is 9.31. The van der Waals surface area contributed by atoms with E-state index in [4.69, 9.17) is 0 Å². The Hall–Kier alpha value is 0.0900. The molecule has 3 atom stereocenters. The Balaban J connectivity index is 0.00000156. The first-order chi connectivity index (χ1) is 10.6. The van der Waals surface area contributed by atoms with Crippen LogP contribution < -0.4 is 24.0 Å². The highest BCUT2D eigenvalue weighted by molar-refractivity contribution is 7.08. The molecule has 0 radical (unpaired) electrons. The third kappa shape index (κ3) is 3.42. The Morgan fingerprint density at radius 3 is 1.96 bits per heavy atom. The van der Waals surface area contributed by atoms with Gasteiger partial charge in [0.05, 0.1) is 26.2 Å². The third-order valence-electron chi connectivity index (χ3n) is 6.39. The van der Waals surface area contributed by atoms with Gasteiger partial charge in [-0.05, 0) is 57.1 Å². The average molecular weight is 459 g/mol. The van der Waals surface area contributed by atoms with Crippen LogP contribution >= 0.6 is 22.7 Å². The lowest BCUT2D eigenvalue weighted by molar-refractivity contribution is -0.931. The van der Waals surface area contributed by atoms with E-state index in [2.05, 4.69) is 47.7 Å². The highest BCUT2D eigenvalue weighted by Crippen LogP contribution is 2.46. The summed E-state index contributed by atoms with van der Waals surface area (Å²) in [6, 6.07) is 6.50. The summed E-state index contributed by atoms with van der Waals surface area (Å²) in [5.74, 6) is 1.53. The van der Waals surface area contributed by atoms with Crippen LogP contribution in [0.5, 0.6) is 0 Å². The molecule has 0 N–H and O–H groups in total. The van der Waals surface area contributed by atoms with Gasteiger partial charge in [-0.3, -0.25) is 0 Å². The van der Waals surface area contributed by atoms with Crippen molar-refractivity contribution >= 4 is 22.7 Å². The quantitative estimate of drug-likeness (QED) is 0.487. The second kappa shape index (κ2) is 7.14. The van der Waals surface area contributed by atoms with Crippen LogP contribution in [0.15, 0.2) is 33.7 Å². The molecular weight excluding hydrogens is 433 g/mol. The molecule has 126 valence electrons. The molecule has 2 aliphatic heterocycles. The number of piperidine rings is 1. The first-order valence-electron chi connectivity index (χ1n) is 8.52. The molecule has 4 heterocycles. The number of quaternary nitrogens is 1. The van der Waals surface area contributed by atoms with Gasteiger partial charge in [-0.1, -0.05) is 0 Å². The van der Waals surface area contributed by atoms with Crippen LogP contribution in [0.3, 0.4) is 0 Å². The number of rotatable bonds is 4. The van der Waals surface area contributed by atoms with Crippen molar-refractivity contribution in [2.75, 3.05) is 14.1 Å². The van der Waals surface area contributed by atoms with Crippen molar-refractivity contribution in [2.45, 2.75) is 50.1 Å². The van der Waals surface area contributed by atoms with Gasteiger partial charge in [0.15, 0.2) is 0 Å². The number of nitrogens with zero attached hydrogens (tertiary/aromatic N) is 1. The molecule has 0 amide bonds. The molecule has 4 heteroatoms. The monoisotopic (exact) mass is 459 g/mol. The zero-order valence-corrected chi connectivity index (χ0v) is 17.7. The maximum atomic E-state index is 2.47. The lowest BCUT2D eigenvalue weighted by Gasteiger charge is -2.45. The Labute approximate surface area is 165 Å². The van der Waals surface area contributed by atoms with Crippen molar-refractivity contribution in [3.8, 4) is 0 Å². The van der Waals surface area contributed by atoms with Gasteiger partial charge in [-0.2, -0.15) is 22.7 Å². The smallest absolute Gasteiger partial charge is 0.0893 e. The number of hydrogen-bond donors (Lipinski definition) is 0. The molecule has 0 saturated carbocycles. The predicted octanol–water partition coefficient (Wildman–Crippen LogP) is 2.35. The first kappa shape index (κ1) is 17.9. The van der Waals surface area contributed by atoms with E-state index in [0.717, 1.165) is 18.0 Å². The van der Waals surface area contributed by atoms with E-state index < -0.39 is 0 Å². The number of hydrogen-bond acceptors (Lipinski definition) is 2. The summed E-state index contributed by atoms with van der Waals surface area (Å²) in [4.78, 5) is 0. The summed E-state index contributed by atoms with van der Waals surface area (Å²) >= 11 is 3.68. The van der Waals surface area contributed by atoms with Crippen LogP contribution in [-0.2, 0) is 0 Å². The molecule has 2 aliphatic rings. The number of halogens is 1. The molecule has 2 aromatic rings. The van der Waals surface area contributed by atoms with E-state index in [1.807, 2.05) is 22.7 Å². The Morgan fingerprint density at radius 2 is 1.52 bits per heavy atom.